The van der Waals surface area contributed by atoms with Crippen LogP contribution in [-0.4, -0.2) is 0 Å². The van der Waals surface area contributed by atoms with E-state index in [0.717, 1.165) is 0 Å². The molecule has 1 atom stereocenters. The molecule has 0 aliphatic heterocycles. The van der Waals surface area contributed by atoms with Gasteiger partial charge in [-0.05, 0) is 64.3 Å². The Hall–Kier alpha value is -0.830. The SMILES string of the molecule is CC1(c2ccccc2)CCc2cc(I)ccc21. The van der Waals surface area contributed by atoms with Gasteiger partial charge in [0.1, 0.15) is 0 Å². The van der Waals surface area contributed by atoms with Crippen molar-refractivity contribution in [2.45, 2.75) is 25.2 Å². The van der Waals surface area contributed by atoms with Crippen LogP contribution in [0.15, 0.2) is 48.5 Å². The molecular formula is C16H15I. The van der Waals surface area contributed by atoms with Gasteiger partial charge in [0.15, 0.2) is 0 Å². The van der Waals surface area contributed by atoms with Crippen LogP contribution in [0.2, 0.25) is 0 Å². The van der Waals surface area contributed by atoms with Gasteiger partial charge < -0.3 is 0 Å². The first kappa shape index (κ1) is 11.3. The zero-order valence-corrected chi connectivity index (χ0v) is 12.1. The molecule has 0 spiro atoms. The number of hydrogen-bond donors (Lipinski definition) is 0. The summed E-state index contributed by atoms with van der Waals surface area (Å²) < 4.78 is 1.35. The van der Waals surface area contributed by atoms with Crippen LogP contribution >= 0.6 is 22.6 Å². The molecular weight excluding hydrogens is 319 g/mol. The molecule has 0 saturated carbocycles. The summed E-state index contributed by atoms with van der Waals surface area (Å²) in [5, 5.41) is 0. The molecule has 0 radical (unpaired) electrons. The number of fused-ring (bicyclic) bond motifs is 1. The third kappa shape index (κ3) is 1.81. The van der Waals surface area contributed by atoms with E-state index >= 15 is 0 Å². The predicted molar refractivity (Wildman–Crippen MR) is 80.4 cm³/mol. The number of hydrogen-bond acceptors (Lipinski definition) is 0. The van der Waals surface area contributed by atoms with Crippen molar-refractivity contribution in [3.05, 3.63) is 68.8 Å². The summed E-state index contributed by atoms with van der Waals surface area (Å²) in [7, 11) is 0. The molecule has 86 valence electrons. The van der Waals surface area contributed by atoms with Crippen molar-refractivity contribution < 1.29 is 0 Å². The lowest BCUT2D eigenvalue weighted by Crippen LogP contribution is -2.19. The molecule has 0 fully saturated rings. The molecule has 1 unspecified atom stereocenters. The van der Waals surface area contributed by atoms with E-state index in [1.165, 1.54) is 33.1 Å². The van der Waals surface area contributed by atoms with Gasteiger partial charge in [0, 0.05) is 8.99 Å². The average Bonchev–Trinajstić information content (AvgIpc) is 2.69. The molecule has 1 aliphatic rings. The third-order valence-electron chi connectivity index (χ3n) is 3.97. The summed E-state index contributed by atoms with van der Waals surface area (Å²) in [6, 6.07) is 17.8. The zero-order chi connectivity index (χ0) is 11.9. The highest BCUT2D eigenvalue weighted by molar-refractivity contribution is 14.1. The van der Waals surface area contributed by atoms with E-state index in [1.807, 2.05) is 0 Å². The smallest absolute Gasteiger partial charge is 0.0180 e. The van der Waals surface area contributed by atoms with Crippen LogP contribution in [0.1, 0.15) is 30.0 Å². The van der Waals surface area contributed by atoms with E-state index in [0.29, 0.717) is 0 Å². The standard InChI is InChI=1S/C16H15I/c1-16(13-5-3-2-4-6-13)10-9-12-11-14(17)7-8-15(12)16/h2-8,11H,9-10H2,1H3. The van der Waals surface area contributed by atoms with E-state index in [1.54, 1.807) is 0 Å². The molecule has 1 heteroatoms. The summed E-state index contributed by atoms with van der Waals surface area (Å²) in [6.07, 6.45) is 2.43. The fourth-order valence-corrected chi connectivity index (χ4v) is 3.49. The molecule has 3 rings (SSSR count). The first-order valence-corrected chi connectivity index (χ1v) is 7.12. The van der Waals surface area contributed by atoms with Gasteiger partial charge in [0.05, 0.1) is 0 Å². The number of benzene rings is 2. The molecule has 17 heavy (non-hydrogen) atoms. The van der Waals surface area contributed by atoms with Gasteiger partial charge in [0.25, 0.3) is 0 Å². The van der Waals surface area contributed by atoms with Crippen molar-refractivity contribution in [3.8, 4) is 0 Å². The van der Waals surface area contributed by atoms with Crippen LogP contribution in [0.3, 0.4) is 0 Å². The Morgan fingerprint density at radius 3 is 2.59 bits per heavy atom. The monoisotopic (exact) mass is 334 g/mol. The van der Waals surface area contributed by atoms with E-state index < -0.39 is 0 Å². The number of halogens is 1. The fraction of sp³-hybridized carbons (Fsp3) is 0.250. The minimum atomic E-state index is 0.209. The largest absolute Gasteiger partial charge is 0.0622 e. The van der Waals surface area contributed by atoms with Crippen molar-refractivity contribution >= 4 is 22.6 Å². The second-order valence-corrected chi connectivity index (χ2v) is 6.25. The second-order valence-electron chi connectivity index (χ2n) is 5.00. The molecule has 2 aromatic carbocycles. The predicted octanol–water partition coefficient (Wildman–Crippen LogP) is 4.54. The molecule has 0 heterocycles. The Balaban J connectivity index is 2.14. The molecule has 0 bridgehead atoms. The minimum Gasteiger partial charge on any atom is -0.0622 e. The van der Waals surface area contributed by atoms with Gasteiger partial charge in [-0.3, -0.25) is 0 Å². The Morgan fingerprint density at radius 1 is 1.06 bits per heavy atom. The molecule has 0 aromatic heterocycles. The first-order chi connectivity index (χ1) is 8.20. The Kier molecular flexibility index (Phi) is 2.74. The normalized spacial score (nSPS) is 22.5. The Labute approximate surface area is 116 Å². The summed E-state index contributed by atoms with van der Waals surface area (Å²) in [4.78, 5) is 0. The highest BCUT2D eigenvalue weighted by Gasteiger charge is 2.35. The van der Waals surface area contributed by atoms with Gasteiger partial charge in [-0.2, -0.15) is 0 Å². The van der Waals surface area contributed by atoms with Gasteiger partial charge in [0.2, 0.25) is 0 Å². The maximum absolute atomic E-state index is 2.40. The van der Waals surface area contributed by atoms with Crippen LogP contribution in [0.25, 0.3) is 0 Å². The summed E-state index contributed by atoms with van der Waals surface area (Å²) >= 11 is 2.40. The lowest BCUT2D eigenvalue weighted by Gasteiger charge is -2.26. The second kappa shape index (κ2) is 4.13. The maximum atomic E-state index is 2.40. The van der Waals surface area contributed by atoms with Crippen LogP contribution < -0.4 is 0 Å². The number of rotatable bonds is 1. The molecule has 1 aliphatic carbocycles. The van der Waals surface area contributed by atoms with E-state index in [-0.39, 0.29) is 5.41 Å². The summed E-state index contributed by atoms with van der Waals surface area (Å²) in [5.41, 5.74) is 4.70. The highest BCUT2D eigenvalue weighted by Crippen LogP contribution is 2.43. The third-order valence-corrected chi connectivity index (χ3v) is 4.64. The minimum absolute atomic E-state index is 0.209. The molecule has 0 saturated heterocycles. The Morgan fingerprint density at radius 2 is 1.82 bits per heavy atom. The lowest BCUT2D eigenvalue weighted by molar-refractivity contribution is 0.566. The molecule has 0 amide bonds. The van der Waals surface area contributed by atoms with Gasteiger partial charge in [-0.15, -0.1) is 0 Å². The highest BCUT2D eigenvalue weighted by atomic mass is 127. The Bertz CT molecular complexity index is 545. The van der Waals surface area contributed by atoms with Gasteiger partial charge >= 0.3 is 0 Å². The van der Waals surface area contributed by atoms with E-state index in [9.17, 15) is 0 Å². The molecule has 2 aromatic rings. The van der Waals surface area contributed by atoms with Crippen LogP contribution in [0, 0.1) is 3.57 Å². The van der Waals surface area contributed by atoms with Crippen molar-refractivity contribution in [1.82, 2.24) is 0 Å². The van der Waals surface area contributed by atoms with Gasteiger partial charge in [-0.25, -0.2) is 0 Å². The lowest BCUT2D eigenvalue weighted by atomic mass is 9.77. The summed E-state index contributed by atoms with van der Waals surface area (Å²) in [5.74, 6) is 0. The zero-order valence-electron chi connectivity index (χ0n) is 9.91. The first-order valence-electron chi connectivity index (χ1n) is 6.04. The van der Waals surface area contributed by atoms with Crippen molar-refractivity contribution in [3.63, 3.8) is 0 Å². The quantitative estimate of drug-likeness (QED) is 0.672. The number of aryl methyl sites for hydroxylation is 1. The fourth-order valence-electron chi connectivity index (χ4n) is 2.93. The van der Waals surface area contributed by atoms with Crippen LogP contribution in [-0.2, 0) is 11.8 Å². The maximum Gasteiger partial charge on any atom is 0.0180 e. The van der Waals surface area contributed by atoms with Crippen LogP contribution in [0.4, 0.5) is 0 Å². The summed E-state index contributed by atoms with van der Waals surface area (Å²) in [6.45, 7) is 2.38. The van der Waals surface area contributed by atoms with Crippen molar-refractivity contribution in [2.75, 3.05) is 0 Å². The van der Waals surface area contributed by atoms with Crippen LogP contribution in [0.5, 0.6) is 0 Å². The van der Waals surface area contributed by atoms with E-state index in [2.05, 4.69) is 78.0 Å². The van der Waals surface area contributed by atoms with E-state index in [4.69, 9.17) is 0 Å². The molecule has 0 nitrogen and oxygen atoms in total. The van der Waals surface area contributed by atoms with Crippen molar-refractivity contribution in [2.24, 2.45) is 0 Å². The average molecular weight is 334 g/mol. The van der Waals surface area contributed by atoms with Gasteiger partial charge in [-0.1, -0.05) is 43.3 Å². The van der Waals surface area contributed by atoms with Crippen molar-refractivity contribution in [1.29, 1.82) is 0 Å². The topological polar surface area (TPSA) is 0 Å². The molecule has 0 N–H and O–H groups in total.